The monoisotopic (exact) mass is 552 g/mol. The van der Waals surface area contributed by atoms with E-state index in [1.807, 2.05) is 0 Å². The van der Waals surface area contributed by atoms with Crippen molar-refractivity contribution in [2.24, 2.45) is 0 Å². The number of hydrogen-bond donors (Lipinski definition) is 0. The van der Waals surface area contributed by atoms with Gasteiger partial charge >= 0.3 is 23.9 Å². The van der Waals surface area contributed by atoms with Gasteiger partial charge in [0.15, 0.2) is 0 Å². The van der Waals surface area contributed by atoms with E-state index in [-0.39, 0.29) is 6.54 Å². The highest BCUT2D eigenvalue weighted by atomic mass is 32.2. The predicted molar refractivity (Wildman–Crippen MR) is 112 cm³/mol. The number of amides is 1. The summed E-state index contributed by atoms with van der Waals surface area (Å²) in [5.74, 6) is -22.1. The van der Waals surface area contributed by atoms with Gasteiger partial charge < -0.3 is 4.90 Å². The number of rotatable bonds is 11. The van der Waals surface area contributed by atoms with Crippen molar-refractivity contribution in [2.75, 3.05) is 23.0 Å². The summed E-state index contributed by atoms with van der Waals surface area (Å²) < 4.78 is 130. The number of anilines is 1. The Balaban J connectivity index is 2.02. The highest BCUT2D eigenvalue weighted by molar-refractivity contribution is 7.84. The molecule has 202 valence electrons. The number of nitrogens with zero attached hydrogens (tertiary/aromatic N) is 4. The molecule has 0 radical (unpaired) electrons. The molecule has 0 saturated heterocycles. The summed E-state index contributed by atoms with van der Waals surface area (Å²) in [6.45, 7) is 3.34. The number of carbonyl (C=O) groups is 1. The molecule has 0 aliphatic heterocycles. The van der Waals surface area contributed by atoms with Crippen LogP contribution < -0.4 is 4.90 Å². The third-order valence-corrected chi connectivity index (χ3v) is 6.41. The van der Waals surface area contributed by atoms with Gasteiger partial charge in [0.05, 0.1) is 29.5 Å². The van der Waals surface area contributed by atoms with Gasteiger partial charge in [0.25, 0.3) is 0 Å². The minimum absolute atomic E-state index is 0.127. The van der Waals surface area contributed by atoms with Gasteiger partial charge in [0, 0.05) is 47.9 Å². The molecule has 2 aromatic heterocycles. The number of pyridine rings is 1. The van der Waals surface area contributed by atoms with Crippen LogP contribution in [-0.4, -0.2) is 66.9 Å². The molecule has 36 heavy (non-hydrogen) atoms. The Kier molecular flexibility index (Phi) is 8.84. The zero-order valence-electron chi connectivity index (χ0n) is 18.8. The zero-order chi connectivity index (χ0) is 27.5. The van der Waals surface area contributed by atoms with E-state index in [1.165, 1.54) is 22.0 Å². The summed E-state index contributed by atoms with van der Waals surface area (Å²) in [5, 5.41) is 4.27. The van der Waals surface area contributed by atoms with Crippen LogP contribution in [0.1, 0.15) is 25.5 Å². The molecule has 2 heterocycles. The van der Waals surface area contributed by atoms with E-state index in [4.69, 9.17) is 0 Å². The zero-order valence-corrected chi connectivity index (χ0v) is 19.7. The topological polar surface area (TPSA) is 68.1 Å². The molecule has 2 rings (SSSR count). The quantitative estimate of drug-likeness (QED) is 0.371. The lowest BCUT2D eigenvalue weighted by Gasteiger charge is -2.33. The molecule has 2 aromatic rings. The van der Waals surface area contributed by atoms with Crippen LogP contribution in [0.3, 0.4) is 0 Å². The number of alkyl halides is 9. The fourth-order valence-corrected chi connectivity index (χ4v) is 4.15. The number of carbonyl (C=O) groups excluding carboxylic acids is 1. The number of aromatic nitrogens is 3. The lowest BCUT2D eigenvalue weighted by molar-refractivity contribution is -0.396. The summed E-state index contributed by atoms with van der Waals surface area (Å²) in [5.41, 5.74) is 1.39. The summed E-state index contributed by atoms with van der Waals surface area (Å²) in [6.07, 6.45) is -5.05. The first-order valence-electron chi connectivity index (χ1n) is 10.3. The van der Waals surface area contributed by atoms with E-state index in [9.17, 15) is 48.5 Å². The maximum absolute atomic E-state index is 13.6. The van der Waals surface area contributed by atoms with Crippen LogP contribution in [0.25, 0.3) is 5.69 Å². The first-order chi connectivity index (χ1) is 16.5. The highest BCUT2D eigenvalue weighted by Crippen LogP contribution is 2.54. The van der Waals surface area contributed by atoms with Crippen LogP contribution in [0.2, 0.25) is 0 Å². The van der Waals surface area contributed by atoms with Crippen molar-refractivity contribution in [1.29, 1.82) is 0 Å². The van der Waals surface area contributed by atoms with Gasteiger partial charge in [-0.3, -0.25) is 14.0 Å². The van der Waals surface area contributed by atoms with Crippen molar-refractivity contribution in [2.45, 2.75) is 50.6 Å². The molecular formula is C20H21F9N4O2S. The molecule has 1 unspecified atom stereocenters. The van der Waals surface area contributed by atoms with Crippen LogP contribution in [0, 0.1) is 6.92 Å². The van der Waals surface area contributed by atoms with Crippen molar-refractivity contribution in [3.05, 3.63) is 36.4 Å². The summed E-state index contributed by atoms with van der Waals surface area (Å²) in [7, 11) is -2.39. The minimum atomic E-state index is -7.00. The summed E-state index contributed by atoms with van der Waals surface area (Å²) in [6, 6.07) is 3.36. The Hall–Kier alpha value is -2.65. The largest absolute Gasteiger partial charge is 0.460 e. The normalized spacial score (nSPS) is 14.1. The average Bonchev–Trinajstić information content (AvgIpc) is 3.17. The fourth-order valence-electron chi connectivity index (χ4n) is 3.06. The molecule has 0 N–H and O–H groups in total. The van der Waals surface area contributed by atoms with E-state index in [0.717, 1.165) is 0 Å². The van der Waals surface area contributed by atoms with Gasteiger partial charge in [0.2, 0.25) is 5.91 Å². The molecule has 0 fully saturated rings. The Bertz CT molecular complexity index is 1070. The molecule has 1 atom stereocenters. The molecule has 1 amide bonds. The predicted octanol–water partition coefficient (Wildman–Crippen LogP) is 4.93. The summed E-state index contributed by atoms with van der Waals surface area (Å²) >= 11 is 0. The smallest absolute Gasteiger partial charge is 0.310 e. The van der Waals surface area contributed by atoms with Crippen molar-refractivity contribution < 1.29 is 48.5 Å². The Morgan fingerprint density at radius 1 is 1.06 bits per heavy atom. The van der Waals surface area contributed by atoms with Gasteiger partial charge in [-0.25, -0.2) is 4.68 Å². The first-order valence-corrected chi connectivity index (χ1v) is 11.8. The SMILES string of the molecule is CCN(C(=O)CCS(=O)CCC(F)(F)C(F)(F)C(F)(F)C(F)(F)F)c1cn(-c2cccnc2)nc1C. The van der Waals surface area contributed by atoms with Gasteiger partial charge in [-0.05, 0) is 26.0 Å². The number of halogens is 9. The average molecular weight is 552 g/mol. The highest BCUT2D eigenvalue weighted by Gasteiger charge is 2.81. The third kappa shape index (κ3) is 6.00. The molecule has 0 aliphatic rings. The van der Waals surface area contributed by atoms with Crippen molar-refractivity contribution >= 4 is 22.4 Å². The molecular weight excluding hydrogens is 531 g/mol. The van der Waals surface area contributed by atoms with E-state index in [0.29, 0.717) is 17.1 Å². The molecule has 0 aliphatic carbocycles. The van der Waals surface area contributed by atoms with Crippen molar-refractivity contribution in [3.63, 3.8) is 0 Å². The Morgan fingerprint density at radius 3 is 2.22 bits per heavy atom. The standard InChI is InChI=1S/C20H21F9N4O2S/c1-3-32(15-12-33(31-13(15)2)14-5-4-8-30-11-14)16(34)6-9-36(35)10-7-17(21,22)18(23,24)19(25,26)20(27,28)29/h4-5,8,11-12H,3,6-7,9-10H2,1-2H3. The molecule has 0 saturated carbocycles. The maximum Gasteiger partial charge on any atom is 0.460 e. The van der Waals surface area contributed by atoms with E-state index >= 15 is 0 Å². The van der Waals surface area contributed by atoms with Gasteiger partial charge in [-0.1, -0.05) is 0 Å². The van der Waals surface area contributed by atoms with Crippen molar-refractivity contribution in [3.8, 4) is 5.69 Å². The van der Waals surface area contributed by atoms with Crippen LogP contribution >= 0.6 is 0 Å². The van der Waals surface area contributed by atoms with Gasteiger partial charge in [-0.2, -0.15) is 44.6 Å². The molecule has 6 nitrogen and oxygen atoms in total. The second-order valence-corrected chi connectivity index (χ2v) is 9.29. The van der Waals surface area contributed by atoms with Crippen LogP contribution in [0.5, 0.6) is 0 Å². The molecule has 16 heteroatoms. The number of aryl methyl sites for hydroxylation is 1. The third-order valence-electron chi connectivity index (χ3n) is 5.09. The number of hydrogen-bond acceptors (Lipinski definition) is 4. The second-order valence-electron chi connectivity index (χ2n) is 7.59. The van der Waals surface area contributed by atoms with E-state index in [2.05, 4.69) is 10.1 Å². The first kappa shape index (κ1) is 29.6. The van der Waals surface area contributed by atoms with Gasteiger partial charge in [-0.15, -0.1) is 0 Å². The Labute approximate surface area is 201 Å². The van der Waals surface area contributed by atoms with Crippen LogP contribution in [0.15, 0.2) is 30.7 Å². The maximum atomic E-state index is 13.6. The lowest BCUT2D eigenvalue weighted by atomic mass is 10.0. The van der Waals surface area contributed by atoms with Crippen LogP contribution in [-0.2, 0) is 15.6 Å². The van der Waals surface area contributed by atoms with Gasteiger partial charge in [0.1, 0.15) is 0 Å². The lowest BCUT2D eigenvalue weighted by Crippen LogP contribution is -2.61. The van der Waals surface area contributed by atoms with E-state index in [1.54, 1.807) is 32.2 Å². The fraction of sp³-hybridized carbons (Fsp3) is 0.550. The second kappa shape index (κ2) is 10.8. The van der Waals surface area contributed by atoms with Crippen molar-refractivity contribution in [1.82, 2.24) is 14.8 Å². The minimum Gasteiger partial charge on any atom is -0.310 e. The molecule has 0 spiro atoms. The molecule has 0 aromatic carbocycles. The Morgan fingerprint density at radius 2 is 1.69 bits per heavy atom. The summed E-state index contributed by atoms with van der Waals surface area (Å²) in [4.78, 5) is 17.8. The van der Waals surface area contributed by atoms with Crippen LogP contribution in [0.4, 0.5) is 45.2 Å². The van der Waals surface area contributed by atoms with E-state index < -0.39 is 65.0 Å². The molecule has 0 bridgehead atoms.